The zero-order chi connectivity index (χ0) is 16.3. The van der Waals surface area contributed by atoms with Crippen molar-refractivity contribution in [3.05, 3.63) is 35.7 Å². The van der Waals surface area contributed by atoms with Gasteiger partial charge in [0.2, 0.25) is 0 Å². The lowest BCUT2D eigenvalue weighted by molar-refractivity contribution is -0.151. The SMILES string of the molecule is Cc1ccc(-n2cnnc2SCC(=O)OC(C)(C)C)c(C)c1. The van der Waals surface area contributed by atoms with Crippen molar-refractivity contribution in [1.29, 1.82) is 0 Å². The molecule has 0 atom stereocenters. The van der Waals surface area contributed by atoms with Gasteiger partial charge >= 0.3 is 5.97 Å². The van der Waals surface area contributed by atoms with Gasteiger partial charge in [-0.25, -0.2) is 0 Å². The third-order valence-corrected chi connectivity index (χ3v) is 3.78. The second-order valence-corrected chi connectivity index (χ2v) is 7.09. The lowest BCUT2D eigenvalue weighted by atomic mass is 10.1. The van der Waals surface area contributed by atoms with E-state index in [0.29, 0.717) is 5.16 Å². The molecule has 0 saturated carbocycles. The minimum absolute atomic E-state index is 0.209. The molecule has 2 rings (SSSR count). The van der Waals surface area contributed by atoms with Crippen molar-refractivity contribution in [3.63, 3.8) is 0 Å². The van der Waals surface area contributed by atoms with Crippen LogP contribution in [0.5, 0.6) is 0 Å². The lowest BCUT2D eigenvalue weighted by Crippen LogP contribution is -2.25. The summed E-state index contributed by atoms with van der Waals surface area (Å²) >= 11 is 1.33. The largest absolute Gasteiger partial charge is 0.459 e. The van der Waals surface area contributed by atoms with Crippen LogP contribution < -0.4 is 0 Å². The molecule has 0 spiro atoms. The summed E-state index contributed by atoms with van der Waals surface area (Å²) in [6, 6.07) is 6.19. The summed E-state index contributed by atoms with van der Waals surface area (Å²) in [7, 11) is 0. The first-order valence-corrected chi connectivity index (χ1v) is 8.07. The molecule has 0 N–H and O–H groups in total. The molecule has 2 aromatic rings. The van der Waals surface area contributed by atoms with Crippen LogP contribution in [0.25, 0.3) is 5.69 Å². The fourth-order valence-electron chi connectivity index (χ4n) is 2.06. The zero-order valence-corrected chi connectivity index (χ0v) is 14.4. The standard InChI is InChI=1S/C16H21N3O2S/c1-11-6-7-13(12(2)8-11)19-10-17-18-15(19)22-9-14(20)21-16(3,4)5/h6-8,10H,9H2,1-5H3. The van der Waals surface area contributed by atoms with Gasteiger partial charge in [0.15, 0.2) is 5.16 Å². The second kappa shape index (κ2) is 6.52. The summed E-state index contributed by atoms with van der Waals surface area (Å²) in [6.07, 6.45) is 1.66. The molecule has 0 amide bonds. The molecule has 0 unspecified atom stereocenters. The van der Waals surface area contributed by atoms with E-state index < -0.39 is 5.60 Å². The Kier molecular flexibility index (Phi) is 4.90. The summed E-state index contributed by atoms with van der Waals surface area (Å²) in [5.74, 6) is -0.0476. The highest BCUT2D eigenvalue weighted by molar-refractivity contribution is 7.99. The molecular formula is C16H21N3O2S. The minimum Gasteiger partial charge on any atom is -0.459 e. The van der Waals surface area contributed by atoms with E-state index in [9.17, 15) is 4.79 Å². The Hall–Kier alpha value is -1.82. The average Bonchev–Trinajstić information content (AvgIpc) is 2.82. The maximum Gasteiger partial charge on any atom is 0.316 e. The number of aryl methyl sites for hydroxylation is 2. The predicted molar refractivity (Wildman–Crippen MR) is 87.4 cm³/mol. The predicted octanol–water partition coefficient (Wildman–Crippen LogP) is 3.32. The summed E-state index contributed by atoms with van der Waals surface area (Å²) in [4.78, 5) is 11.8. The van der Waals surface area contributed by atoms with Gasteiger partial charge < -0.3 is 4.74 Å². The molecular weight excluding hydrogens is 298 g/mol. The number of benzene rings is 1. The van der Waals surface area contributed by atoms with E-state index in [4.69, 9.17) is 4.74 Å². The number of thioether (sulfide) groups is 1. The van der Waals surface area contributed by atoms with Gasteiger partial charge in [-0.15, -0.1) is 10.2 Å². The van der Waals surface area contributed by atoms with Gasteiger partial charge in [0, 0.05) is 0 Å². The van der Waals surface area contributed by atoms with Crippen molar-refractivity contribution in [2.75, 3.05) is 5.75 Å². The Morgan fingerprint density at radius 3 is 2.68 bits per heavy atom. The van der Waals surface area contributed by atoms with Gasteiger partial charge in [0.1, 0.15) is 11.9 Å². The van der Waals surface area contributed by atoms with Crippen LogP contribution in [0, 0.1) is 13.8 Å². The van der Waals surface area contributed by atoms with E-state index in [0.717, 1.165) is 11.3 Å². The Morgan fingerprint density at radius 1 is 1.32 bits per heavy atom. The van der Waals surface area contributed by atoms with Crippen molar-refractivity contribution in [2.45, 2.75) is 45.4 Å². The maximum absolute atomic E-state index is 11.8. The number of ether oxygens (including phenoxy) is 1. The molecule has 118 valence electrons. The highest BCUT2D eigenvalue weighted by Crippen LogP contribution is 2.23. The van der Waals surface area contributed by atoms with Crippen molar-refractivity contribution >= 4 is 17.7 Å². The Balaban J connectivity index is 2.12. The van der Waals surface area contributed by atoms with Crippen LogP contribution in [0.3, 0.4) is 0 Å². The fourth-order valence-corrected chi connectivity index (χ4v) is 2.75. The first kappa shape index (κ1) is 16.5. The van der Waals surface area contributed by atoms with E-state index in [1.54, 1.807) is 6.33 Å². The summed E-state index contributed by atoms with van der Waals surface area (Å²) in [5.41, 5.74) is 2.89. The Labute approximate surface area is 135 Å². The van der Waals surface area contributed by atoms with E-state index in [1.807, 2.05) is 44.4 Å². The van der Waals surface area contributed by atoms with Crippen LogP contribution in [0.2, 0.25) is 0 Å². The average molecular weight is 319 g/mol. The highest BCUT2D eigenvalue weighted by Gasteiger charge is 2.18. The molecule has 0 fully saturated rings. The van der Waals surface area contributed by atoms with Gasteiger partial charge in [-0.05, 0) is 46.2 Å². The number of hydrogen-bond donors (Lipinski definition) is 0. The Morgan fingerprint density at radius 2 is 2.05 bits per heavy atom. The number of esters is 1. The van der Waals surface area contributed by atoms with E-state index in [1.165, 1.54) is 17.3 Å². The lowest BCUT2D eigenvalue weighted by Gasteiger charge is -2.19. The maximum atomic E-state index is 11.8. The van der Waals surface area contributed by atoms with E-state index >= 15 is 0 Å². The number of carbonyl (C=O) groups excluding carboxylic acids is 1. The van der Waals surface area contributed by atoms with Crippen molar-refractivity contribution in [1.82, 2.24) is 14.8 Å². The molecule has 22 heavy (non-hydrogen) atoms. The first-order valence-electron chi connectivity index (χ1n) is 7.08. The number of carbonyl (C=O) groups is 1. The molecule has 0 aliphatic heterocycles. The number of hydrogen-bond acceptors (Lipinski definition) is 5. The van der Waals surface area contributed by atoms with Crippen LogP contribution >= 0.6 is 11.8 Å². The number of nitrogens with zero attached hydrogens (tertiary/aromatic N) is 3. The molecule has 0 aliphatic carbocycles. The molecule has 5 nitrogen and oxygen atoms in total. The van der Waals surface area contributed by atoms with Gasteiger partial charge in [-0.1, -0.05) is 29.5 Å². The molecule has 0 aliphatic rings. The van der Waals surface area contributed by atoms with E-state index in [2.05, 4.69) is 23.2 Å². The number of rotatable bonds is 4. The third-order valence-electron chi connectivity index (χ3n) is 2.87. The quantitative estimate of drug-likeness (QED) is 0.639. The van der Waals surface area contributed by atoms with Crippen LogP contribution in [0.15, 0.2) is 29.7 Å². The molecule has 1 aromatic heterocycles. The van der Waals surface area contributed by atoms with Crippen molar-refractivity contribution in [2.24, 2.45) is 0 Å². The van der Waals surface area contributed by atoms with Crippen LogP contribution in [0.4, 0.5) is 0 Å². The minimum atomic E-state index is -0.473. The summed E-state index contributed by atoms with van der Waals surface area (Å²) < 4.78 is 7.20. The second-order valence-electron chi connectivity index (χ2n) is 6.15. The van der Waals surface area contributed by atoms with Crippen molar-refractivity contribution < 1.29 is 9.53 Å². The monoisotopic (exact) mass is 319 g/mol. The van der Waals surface area contributed by atoms with Crippen LogP contribution in [-0.4, -0.2) is 32.1 Å². The molecule has 1 heterocycles. The van der Waals surface area contributed by atoms with Crippen LogP contribution in [0.1, 0.15) is 31.9 Å². The van der Waals surface area contributed by atoms with Gasteiger partial charge in [-0.3, -0.25) is 9.36 Å². The molecule has 0 bridgehead atoms. The zero-order valence-electron chi connectivity index (χ0n) is 13.6. The smallest absolute Gasteiger partial charge is 0.316 e. The Bertz CT molecular complexity index is 674. The van der Waals surface area contributed by atoms with Crippen LogP contribution in [-0.2, 0) is 9.53 Å². The molecule has 1 aromatic carbocycles. The number of aromatic nitrogens is 3. The van der Waals surface area contributed by atoms with Gasteiger partial charge in [-0.2, -0.15) is 0 Å². The molecule has 0 saturated heterocycles. The van der Waals surface area contributed by atoms with Gasteiger partial charge in [0.25, 0.3) is 0 Å². The summed E-state index contributed by atoms with van der Waals surface area (Å²) in [6.45, 7) is 9.67. The van der Waals surface area contributed by atoms with E-state index in [-0.39, 0.29) is 11.7 Å². The highest BCUT2D eigenvalue weighted by atomic mass is 32.2. The fraction of sp³-hybridized carbons (Fsp3) is 0.438. The molecule has 0 radical (unpaired) electrons. The van der Waals surface area contributed by atoms with Gasteiger partial charge in [0.05, 0.1) is 11.4 Å². The third kappa shape index (κ3) is 4.34. The summed E-state index contributed by atoms with van der Waals surface area (Å²) in [5, 5.41) is 8.73. The van der Waals surface area contributed by atoms with Crippen molar-refractivity contribution in [3.8, 4) is 5.69 Å². The molecule has 6 heteroatoms. The first-order chi connectivity index (χ1) is 10.3. The normalized spacial score (nSPS) is 11.5. The topological polar surface area (TPSA) is 57.0 Å².